The van der Waals surface area contributed by atoms with Gasteiger partial charge >= 0.3 is 0 Å². The van der Waals surface area contributed by atoms with Gasteiger partial charge in [-0.2, -0.15) is 0 Å². The average Bonchev–Trinajstić information content (AvgIpc) is 2.36. The number of hydrogen-bond donors (Lipinski definition) is 1. The molecule has 1 aliphatic heterocycles. The van der Waals surface area contributed by atoms with Crippen LogP contribution in [0.3, 0.4) is 0 Å². The topological polar surface area (TPSA) is 47.9 Å². The van der Waals surface area contributed by atoms with Gasteiger partial charge in [-0.05, 0) is 44.4 Å². The molecular formula is C14H26O4. The lowest BCUT2D eigenvalue weighted by Gasteiger charge is -2.48. The van der Waals surface area contributed by atoms with Crippen molar-refractivity contribution in [2.75, 3.05) is 33.5 Å². The molecule has 1 saturated heterocycles. The number of aliphatic hydroxyl groups excluding tert-OH is 1. The molecule has 0 radical (unpaired) electrons. The monoisotopic (exact) mass is 258 g/mol. The predicted molar refractivity (Wildman–Crippen MR) is 68.6 cm³/mol. The van der Waals surface area contributed by atoms with E-state index < -0.39 is 0 Å². The van der Waals surface area contributed by atoms with Crippen LogP contribution in [0.2, 0.25) is 0 Å². The molecule has 1 heterocycles. The Kier molecular flexibility index (Phi) is 5.42. The maximum absolute atomic E-state index is 10.2. The first-order valence-corrected chi connectivity index (χ1v) is 7.14. The first-order chi connectivity index (χ1) is 8.76. The highest BCUT2D eigenvalue weighted by Gasteiger charge is 2.43. The summed E-state index contributed by atoms with van der Waals surface area (Å²) < 4.78 is 16.2. The lowest BCUT2D eigenvalue weighted by Crippen LogP contribution is -2.47. The van der Waals surface area contributed by atoms with Crippen LogP contribution in [-0.2, 0) is 14.2 Å². The van der Waals surface area contributed by atoms with E-state index in [2.05, 4.69) is 0 Å². The summed E-state index contributed by atoms with van der Waals surface area (Å²) in [6, 6.07) is 0. The zero-order valence-corrected chi connectivity index (χ0v) is 11.4. The molecule has 0 aromatic rings. The molecule has 2 unspecified atom stereocenters. The summed E-state index contributed by atoms with van der Waals surface area (Å²) in [5.41, 5.74) is 0.126. The van der Waals surface area contributed by atoms with Crippen molar-refractivity contribution in [2.24, 2.45) is 5.92 Å². The van der Waals surface area contributed by atoms with Crippen molar-refractivity contribution in [1.82, 2.24) is 0 Å². The molecule has 0 aromatic carbocycles. The zero-order valence-electron chi connectivity index (χ0n) is 11.4. The molecule has 0 bridgehead atoms. The minimum atomic E-state index is -0.242. The SMILES string of the molecule is COCCOCCC(O)C1CCOC2(CCC2)C1. The van der Waals surface area contributed by atoms with E-state index in [1.54, 1.807) is 7.11 Å². The maximum atomic E-state index is 10.2. The molecule has 4 heteroatoms. The van der Waals surface area contributed by atoms with Gasteiger partial charge in [0, 0.05) is 20.3 Å². The predicted octanol–water partition coefficient (Wildman–Crippen LogP) is 1.75. The second-order valence-corrected chi connectivity index (χ2v) is 5.60. The third kappa shape index (κ3) is 3.67. The number of rotatable bonds is 7. The minimum absolute atomic E-state index is 0.126. The Labute approximate surface area is 110 Å². The van der Waals surface area contributed by atoms with Crippen LogP contribution in [0.25, 0.3) is 0 Å². The largest absolute Gasteiger partial charge is 0.393 e. The third-order valence-corrected chi connectivity index (χ3v) is 4.33. The fraction of sp³-hybridized carbons (Fsp3) is 1.00. The number of hydrogen-bond acceptors (Lipinski definition) is 4. The van der Waals surface area contributed by atoms with Crippen molar-refractivity contribution in [2.45, 2.75) is 50.2 Å². The molecule has 2 atom stereocenters. The molecular weight excluding hydrogens is 232 g/mol. The van der Waals surface area contributed by atoms with Gasteiger partial charge in [0.1, 0.15) is 0 Å². The molecule has 0 aromatic heterocycles. The number of aliphatic hydroxyl groups is 1. The van der Waals surface area contributed by atoms with Gasteiger partial charge in [-0.1, -0.05) is 0 Å². The summed E-state index contributed by atoms with van der Waals surface area (Å²) in [6.07, 6.45) is 6.15. The van der Waals surface area contributed by atoms with Gasteiger partial charge in [-0.15, -0.1) is 0 Å². The van der Waals surface area contributed by atoms with E-state index in [0.717, 1.165) is 25.9 Å². The van der Waals surface area contributed by atoms with Crippen LogP contribution >= 0.6 is 0 Å². The Morgan fingerprint density at radius 2 is 2.17 bits per heavy atom. The van der Waals surface area contributed by atoms with Gasteiger partial charge in [0.05, 0.1) is 24.9 Å². The summed E-state index contributed by atoms with van der Waals surface area (Å²) in [5, 5.41) is 10.2. The lowest BCUT2D eigenvalue weighted by atomic mass is 9.70. The highest BCUT2D eigenvalue weighted by atomic mass is 16.5. The van der Waals surface area contributed by atoms with Crippen molar-refractivity contribution < 1.29 is 19.3 Å². The molecule has 1 saturated carbocycles. The summed E-state index contributed by atoms with van der Waals surface area (Å²) in [4.78, 5) is 0. The van der Waals surface area contributed by atoms with E-state index in [1.165, 1.54) is 19.3 Å². The molecule has 1 aliphatic carbocycles. The third-order valence-electron chi connectivity index (χ3n) is 4.33. The Balaban J connectivity index is 1.63. The molecule has 106 valence electrons. The normalized spacial score (nSPS) is 28.0. The second kappa shape index (κ2) is 6.85. The summed E-state index contributed by atoms with van der Waals surface area (Å²) in [7, 11) is 1.66. The molecule has 2 aliphatic rings. The van der Waals surface area contributed by atoms with Gasteiger partial charge in [-0.3, -0.25) is 0 Å². The number of methoxy groups -OCH3 is 1. The van der Waals surface area contributed by atoms with E-state index in [9.17, 15) is 5.11 Å². The van der Waals surface area contributed by atoms with Crippen molar-refractivity contribution in [3.05, 3.63) is 0 Å². The molecule has 2 fully saturated rings. The molecule has 18 heavy (non-hydrogen) atoms. The summed E-state index contributed by atoms with van der Waals surface area (Å²) in [6.45, 7) is 2.67. The molecule has 4 nitrogen and oxygen atoms in total. The smallest absolute Gasteiger partial charge is 0.0700 e. The van der Waals surface area contributed by atoms with E-state index >= 15 is 0 Å². The molecule has 0 amide bonds. The highest BCUT2D eigenvalue weighted by Crippen LogP contribution is 2.45. The fourth-order valence-electron chi connectivity index (χ4n) is 3.00. The first-order valence-electron chi connectivity index (χ1n) is 7.14. The minimum Gasteiger partial charge on any atom is -0.393 e. The van der Waals surface area contributed by atoms with Gasteiger partial charge in [-0.25, -0.2) is 0 Å². The average molecular weight is 258 g/mol. The lowest BCUT2D eigenvalue weighted by molar-refractivity contribution is -0.158. The standard InChI is InChI=1S/C14H26O4/c1-16-9-10-17-7-4-13(15)12-3-8-18-14(11-12)5-2-6-14/h12-13,15H,2-11H2,1H3. The van der Waals surface area contributed by atoms with Crippen molar-refractivity contribution in [3.63, 3.8) is 0 Å². The quantitative estimate of drug-likeness (QED) is 0.707. The van der Waals surface area contributed by atoms with Gasteiger partial charge in [0.25, 0.3) is 0 Å². The van der Waals surface area contributed by atoms with Gasteiger partial charge < -0.3 is 19.3 Å². The van der Waals surface area contributed by atoms with Crippen LogP contribution in [-0.4, -0.2) is 50.3 Å². The Bertz CT molecular complexity index is 240. The fourth-order valence-corrected chi connectivity index (χ4v) is 3.00. The van der Waals surface area contributed by atoms with E-state index in [4.69, 9.17) is 14.2 Å². The Morgan fingerprint density at radius 3 is 2.83 bits per heavy atom. The van der Waals surface area contributed by atoms with Crippen molar-refractivity contribution in [1.29, 1.82) is 0 Å². The molecule has 1 N–H and O–H groups in total. The van der Waals surface area contributed by atoms with Crippen molar-refractivity contribution >= 4 is 0 Å². The summed E-state index contributed by atoms with van der Waals surface area (Å²) >= 11 is 0. The zero-order chi connectivity index (χ0) is 12.8. The molecule has 2 rings (SSSR count). The van der Waals surface area contributed by atoms with E-state index in [1.807, 2.05) is 0 Å². The van der Waals surface area contributed by atoms with Crippen LogP contribution in [0.15, 0.2) is 0 Å². The van der Waals surface area contributed by atoms with Crippen molar-refractivity contribution in [3.8, 4) is 0 Å². The second-order valence-electron chi connectivity index (χ2n) is 5.60. The van der Waals surface area contributed by atoms with Gasteiger partial charge in [0.15, 0.2) is 0 Å². The maximum Gasteiger partial charge on any atom is 0.0700 e. The van der Waals surface area contributed by atoms with Crippen LogP contribution in [0.5, 0.6) is 0 Å². The van der Waals surface area contributed by atoms with Crippen LogP contribution in [0.1, 0.15) is 38.5 Å². The summed E-state index contributed by atoms with van der Waals surface area (Å²) in [5.74, 6) is 0.394. The van der Waals surface area contributed by atoms with Crippen LogP contribution in [0.4, 0.5) is 0 Å². The Hall–Kier alpha value is -0.160. The highest BCUT2D eigenvalue weighted by molar-refractivity contribution is 4.95. The van der Waals surface area contributed by atoms with Crippen LogP contribution < -0.4 is 0 Å². The van der Waals surface area contributed by atoms with E-state index in [0.29, 0.717) is 25.7 Å². The Morgan fingerprint density at radius 1 is 1.33 bits per heavy atom. The molecule has 1 spiro atoms. The first kappa shape index (κ1) is 14.3. The van der Waals surface area contributed by atoms with Crippen LogP contribution in [0, 0.1) is 5.92 Å². The van der Waals surface area contributed by atoms with E-state index in [-0.39, 0.29) is 11.7 Å². The van der Waals surface area contributed by atoms with Gasteiger partial charge in [0.2, 0.25) is 0 Å². The number of ether oxygens (including phenoxy) is 3.